The number of carbonyl (C=O) groups is 1. The molecule has 0 atom stereocenters. The van der Waals surface area contributed by atoms with Crippen LogP contribution in [0.1, 0.15) is 28.0 Å². The van der Waals surface area contributed by atoms with E-state index in [0.29, 0.717) is 5.56 Å². The van der Waals surface area contributed by atoms with Crippen LogP contribution < -0.4 is 0 Å². The van der Waals surface area contributed by atoms with Crippen molar-refractivity contribution >= 4 is 32.8 Å². The van der Waals surface area contributed by atoms with Crippen LogP contribution in [0.2, 0.25) is 0 Å². The summed E-state index contributed by atoms with van der Waals surface area (Å²) < 4.78 is 0.882. The number of nitrogens with zero attached hydrogens (tertiary/aromatic N) is 1. The van der Waals surface area contributed by atoms with Crippen LogP contribution >= 0.6 is 15.9 Å². The van der Waals surface area contributed by atoms with Gasteiger partial charge in [-0.1, -0.05) is 15.9 Å². The zero-order chi connectivity index (χ0) is 12.0. The monoisotopic (exact) mass is 291 g/mol. The van der Waals surface area contributed by atoms with Gasteiger partial charge in [0.2, 0.25) is 0 Å². The third kappa shape index (κ3) is 1.63. The van der Waals surface area contributed by atoms with Crippen molar-refractivity contribution in [3.63, 3.8) is 0 Å². The molecule has 0 aliphatic heterocycles. The van der Waals surface area contributed by atoms with Gasteiger partial charge in [-0.25, -0.2) is 4.79 Å². The van der Waals surface area contributed by atoms with Gasteiger partial charge in [0.25, 0.3) is 0 Å². The Balaban J connectivity index is 2.45. The highest BCUT2D eigenvalue weighted by atomic mass is 79.9. The number of hydrogen-bond acceptors (Lipinski definition) is 2. The molecule has 0 spiro atoms. The number of aromatic carboxylic acids is 1. The maximum atomic E-state index is 11.4. The molecule has 0 bridgehead atoms. The number of hydrogen-bond donors (Lipinski definition) is 1. The van der Waals surface area contributed by atoms with Crippen LogP contribution in [0, 0.1) is 0 Å². The number of benzene rings is 1. The minimum absolute atomic E-state index is 0.434. The van der Waals surface area contributed by atoms with Crippen molar-refractivity contribution in [3.05, 3.63) is 39.5 Å². The minimum Gasteiger partial charge on any atom is -0.478 e. The SMILES string of the molecule is O=C(O)c1c2c(nc3ccc(Br)cc13)CCC2. The molecule has 0 radical (unpaired) electrons. The van der Waals surface area contributed by atoms with E-state index in [-0.39, 0.29) is 0 Å². The molecule has 17 heavy (non-hydrogen) atoms. The number of rotatable bonds is 1. The standard InChI is InChI=1S/C13H10BrNO2/c14-7-4-5-11-9(6-7)12(13(16)17)8-2-1-3-10(8)15-11/h4-6H,1-3H2,(H,16,17). The zero-order valence-electron chi connectivity index (χ0n) is 9.03. The van der Waals surface area contributed by atoms with E-state index in [1.165, 1.54) is 0 Å². The fraction of sp³-hybridized carbons (Fsp3) is 0.231. The molecule has 1 N–H and O–H groups in total. The molecule has 1 heterocycles. The molecule has 0 saturated heterocycles. The van der Waals surface area contributed by atoms with Gasteiger partial charge in [0.1, 0.15) is 0 Å². The summed E-state index contributed by atoms with van der Waals surface area (Å²) in [6.45, 7) is 0. The molecule has 2 aromatic rings. The Morgan fingerprint density at radius 2 is 2.18 bits per heavy atom. The van der Waals surface area contributed by atoms with Crippen LogP contribution in [0.15, 0.2) is 22.7 Å². The van der Waals surface area contributed by atoms with Gasteiger partial charge in [0, 0.05) is 15.6 Å². The second-order valence-electron chi connectivity index (χ2n) is 4.23. The third-order valence-corrected chi connectivity index (χ3v) is 3.68. The lowest BCUT2D eigenvalue weighted by molar-refractivity contribution is 0.0698. The van der Waals surface area contributed by atoms with Crippen LogP contribution in [0.3, 0.4) is 0 Å². The zero-order valence-corrected chi connectivity index (χ0v) is 10.6. The van der Waals surface area contributed by atoms with Crippen LogP contribution in [0.5, 0.6) is 0 Å². The Morgan fingerprint density at radius 1 is 1.35 bits per heavy atom. The number of carboxylic acid groups (broad SMARTS) is 1. The predicted molar refractivity (Wildman–Crippen MR) is 68.4 cm³/mol. The first-order valence-corrected chi connectivity index (χ1v) is 6.30. The van der Waals surface area contributed by atoms with E-state index in [0.717, 1.165) is 45.9 Å². The fourth-order valence-corrected chi connectivity index (χ4v) is 2.84. The maximum absolute atomic E-state index is 11.4. The maximum Gasteiger partial charge on any atom is 0.336 e. The average molecular weight is 292 g/mol. The predicted octanol–water partition coefficient (Wildman–Crippen LogP) is 3.18. The molecule has 1 aromatic heterocycles. The molecular formula is C13H10BrNO2. The number of aryl methyl sites for hydroxylation is 1. The number of aromatic nitrogens is 1. The molecular weight excluding hydrogens is 282 g/mol. The summed E-state index contributed by atoms with van der Waals surface area (Å²) in [5.41, 5.74) is 3.08. The summed E-state index contributed by atoms with van der Waals surface area (Å²) in [5, 5.41) is 10.1. The van der Waals surface area contributed by atoms with Gasteiger partial charge < -0.3 is 5.11 Å². The molecule has 0 unspecified atom stereocenters. The van der Waals surface area contributed by atoms with Gasteiger partial charge in [-0.15, -0.1) is 0 Å². The van der Waals surface area contributed by atoms with E-state index >= 15 is 0 Å². The second-order valence-corrected chi connectivity index (χ2v) is 5.15. The van der Waals surface area contributed by atoms with Crippen LogP contribution in [0.4, 0.5) is 0 Å². The molecule has 0 fully saturated rings. The first kappa shape index (κ1) is 10.7. The lowest BCUT2D eigenvalue weighted by Crippen LogP contribution is -2.05. The van der Waals surface area contributed by atoms with Gasteiger partial charge in [0.05, 0.1) is 11.1 Å². The summed E-state index contributed by atoms with van der Waals surface area (Å²) in [4.78, 5) is 16.0. The van der Waals surface area contributed by atoms with Crippen molar-refractivity contribution < 1.29 is 9.90 Å². The highest BCUT2D eigenvalue weighted by molar-refractivity contribution is 9.10. The molecule has 1 aliphatic rings. The van der Waals surface area contributed by atoms with E-state index in [1.54, 1.807) is 0 Å². The molecule has 86 valence electrons. The van der Waals surface area contributed by atoms with Crippen molar-refractivity contribution in [1.82, 2.24) is 4.98 Å². The number of pyridine rings is 1. The van der Waals surface area contributed by atoms with E-state index in [4.69, 9.17) is 0 Å². The second kappa shape index (κ2) is 3.81. The molecule has 1 aromatic carbocycles. The summed E-state index contributed by atoms with van der Waals surface area (Å²) >= 11 is 3.38. The first-order valence-electron chi connectivity index (χ1n) is 5.51. The molecule has 0 saturated carbocycles. The Bertz CT molecular complexity index is 637. The highest BCUT2D eigenvalue weighted by Gasteiger charge is 2.23. The van der Waals surface area contributed by atoms with Gasteiger partial charge in [-0.2, -0.15) is 0 Å². The highest BCUT2D eigenvalue weighted by Crippen LogP contribution is 2.31. The molecule has 3 nitrogen and oxygen atoms in total. The lowest BCUT2D eigenvalue weighted by Gasteiger charge is -2.08. The van der Waals surface area contributed by atoms with Crippen LogP contribution in [0.25, 0.3) is 10.9 Å². The van der Waals surface area contributed by atoms with E-state index < -0.39 is 5.97 Å². The molecule has 1 aliphatic carbocycles. The Morgan fingerprint density at radius 3 is 2.94 bits per heavy atom. The Hall–Kier alpha value is -1.42. The minimum atomic E-state index is -0.853. The Labute approximate surface area is 107 Å². The lowest BCUT2D eigenvalue weighted by atomic mass is 10.0. The molecule has 3 rings (SSSR count). The summed E-state index contributed by atoms with van der Waals surface area (Å²) in [6, 6.07) is 5.59. The number of halogens is 1. The van der Waals surface area contributed by atoms with Gasteiger partial charge in [-0.05, 0) is 43.0 Å². The number of carboxylic acids is 1. The van der Waals surface area contributed by atoms with E-state index in [1.807, 2.05) is 18.2 Å². The largest absolute Gasteiger partial charge is 0.478 e. The van der Waals surface area contributed by atoms with E-state index in [9.17, 15) is 9.90 Å². The molecule has 0 amide bonds. The average Bonchev–Trinajstić information content (AvgIpc) is 2.72. The Kier molecular flexibility index (Phi) is 2.40. The fourth-order valence-electron chi connectivity index (χ4n) is 2.48. The van der Waals surface area contributed by atoms with Crippen molar-refractivity contribution in [1.29, 1.82) is 0 Å². The third-order valence-electron chi connectivity index (χ3n) is 3.19. The topological polar surface area (TPSA) is 50.2 Å². The smallest absolute Gasteiger partial charge is 0.336 e. The van der Waals surface area contributed by atoms with Gasteiger partial charge >= 0.3 is 5.97 Å². The quantitative estimate of drug-likeness (QED) is 0.878. The normalized spacial score (nSPS) is 13.9. The van der Waals surface area contributed by atoms with Crippen molar-refractivity contribution in [3.8, 4) is 0 Å². The van der Waals surface area contributed by atoms with Gasteiger partial charge in [0.15, 0.2) is 0 Å². The van der Waals surface area contributed by atoms with Crippen molar-refractivity contribution in [2.45, 2.75) is 19.3 Å². The van der Waals surface area contributed by atoms with Crippen molar-refractivity contribution in [2.24, 2.45) is 0 Å². The van der Waals surface area contributed by atoms with Gasteiger partial charge in [-0.3, -0.25) is 4.98 Å². The summed E-state index contributed by atoms with van der Waals surface area (Å²) in [7, 11) is 0. The molecule has 4 heteroatoms. The van der Waals surface area contributed by atoms with Crippen LogP contribution in [-0.2, 0) is 12.8 Å². The first-order chi connectivity index (χ1) is 8.16. The van der Waals surface area contributed by atoms with Crippen LogP contribution in [-0.4, -0.2) is 16.1 Å². The summed E-state index contributed by atoms with van der Waals surface area (Å²) in [6.07, 6.45) is 2.72. The van der Waals surface area contributed by atoms with Crippen molar-refractivity contribution in [2.75, 3.05) is 0 Å². The van der Waals surface area contributed by atoms with E-state index in [2.05, 4.69) is 20.9 Å². The number of fused-ring (bicyclic) bond motifs is 2. The summed E-state index contributed by atoms with van der Waals surface area (Å²) in [5.74, 6) is -0.853.